The number of hydrogen-bond donors (Lipinski definition) is 1. The molecular formula is C9H17IO. The third-order valence-corrected chi connectivity index (χ3v) is 3.90. The molecule has 0 radical (unpaired) electrons. The average Bonchev–Trinajstić information content (AvgIpc) is 1.86. The lowest BCUT2D eigenvalue weighted by Crippen LogP contribution is -2.33. The minimum Gasteiger partial charge on any atom is -0.390 e. The van der Waals surface area contributed by atoms with Crippen molar-refractivity contribution in [3.63, 3.8) is 0 Å². The van der Waals surface area contributed by atoms with Crippen molar-refractivity contribution in [1.29, 1.82) is 0 Å². The van der Waals surface area contributed by atoms with E-state index in [1.807, 2.05) is 13.8 Å². The van der Waals surface area contributed by atoms with E-state index in [0.29, 0.717) is 5.92 Å². The summed E-state index contributed by atoms with van der Waals surface area (Å²) in [5.41, 5.74) is -0.448. The van der Waals surface area contributed by atoms with Gasteiger partial charge in [0, 0.05) is 3.92 Å². The summed E-state index contributed by atoms with van der Waals surface area (Å²) in [5, 5.41) is 9.73. The molecule has 0 spiro atoms. The zero-order chi connectivity index (χ0) is 8.48. The number of rotatable bonds is 1. The SMILES string of the molecule is CC(C)(O)C1CCC(I)CC1. The first-order chi connectivity index (χ1) is 5.00. The maximum Gasteiger partial charge on any atom is 0.0619 e. The van der Waals surface area contributed by atoms with Crippen LogP contribution in [0.4, 0.5) is 0 Å². The zero-order valence-electron chi connectivity index (χ0n) is 7.31. The Kier molecular flexibility index (Phi) is 3.20. The first-order valence-electron chi connectivity index (χ1n) is 4.36. The molecule has 1 nitrogen and oxygen atoms in total. The van der Waals surface area contributed by atoms with Gasteiger partial charge in [-0.2, -0.15) is 0 Å². The Bertz CT molecular complexity index is 120. The standard InChI is InChI=1S/C9H17IO/c1-9(2,11)7-3-5-8(10)6-4-7/h7-8,11H,3-6H2,1-2H3. The van der Waals surface area contributed by atoms with Crippen LogP contribution in [0.1, 0.15) is 39.5 Å². The highest BCUT2D eigenvalue weighted by Crippen LogP contribution is 2.35. The smallest absolute Gasteiger partial charge is 0.0619 e. The molecule has 66 valence electrons. The van der Waals surface area contributed by atoms with Crippen LogP contribution in [0.2, 0.25) is 0 Å². The van der Waals surface area contributed by atoms with Crippen molar-refractivity contribution in [1.82, 2.24) is 0 Å². The summed E-state index contributed by atoms with van der Waals surface area (Å²) in [6.45, 7) is 3.87. The molecule has 0 aromatic carbocycles. The predicted molar refractivity (Wildman–Crippen MR) is 56.1 cm³/mol. The highest BCUT2D eigenvalue weighted by molar-refractivity contribution is 14.1. The minimum absolute atomic E-state index is 0.448. The Balaban J connectivity index is 2.39. The molecule has 1 N–H and O–H groups in total. The summed E-state index contributed by atoms with van der Waals surface area (Å²) in [5.74, 6) is 0.536. The average molecular weight is 268 g/mol. The number of aliphatic hydroxyl groups is 1. The third kappa shape index (κ3) is 2.90. The summed E-state index contributed by atoms with van der Waals surface area (Å²) < 4.78 is 0.853. The van der Waals surface area contributed by atoms with Gasteiger partial charge >= 0.3 is 0 Å². The molecule has 1 fully saturated rings. The maximum absolute atomic E-state index is 9.73. The van der Waals surface area contributed by atoms with Gasteiger partial charge in [0.05, 0.1) is 5.60 Å². The van der Waals surface area contributed by atoms with E-state index in [-0.39, 0.29) is 0 Å². The largest absolute Gasteiger partial charge is 0.390 e. The van der Waals surface area contributed by atoms with Crippen LogP contribution in [0.25, 0.3) is 0 Å². The normalized spacial score (nSPS) is 33.8. The molecule has 1 aliphatic carbocycles. The number of halogens is 1. The molecule has 2 heteroatoms. The van der Waals surface area contributed by atoms with E-state index in [1.165, 1.54) is 25.7 Å². The lowest BCUT2D eigenvalue weighted by atomic mass is 9.79. The number of alkyl halides is 1. The van der Waals surface area contributed by atoms with Crippen LogP contribution in [0.3, 0.4) is 0 Å². The molecule has 0 aromatic heterocycles. The van der Waals surface area contributed by atoms with Gasteiger partial charge in [0.1, 0.15) is 0 Å². The van der Waals surface area contributed by atoms with Crippen molar-refractivity contribution in [3.05, 3.63) is 0 Å². The van der Waals surface area contributed by atoms with Crippen molar-refractivity contribution in [3.8, 4) is 0 Å². The van der Waals surface area contributed by atoms with Gasteiger partial charge in [-0.25, -0.2) is 0 Å². The van der Waals surface area contributed by atoms with E-state index >= 15 is 0 Å². The van der Waals surface area contributed by atoms with Crippen molar-refractivity contribution < 1.29 is 5.11 Å². The molecule has 0 atom stereocenters. The van der Waals surface area contributed by atoms with Crippen molar-refractivity contribution in [2.75, 3.05) is 0 Å². The van der Waals surface area contributed by atoms with E-state index in [9.17, 15) is 5.11 Å². The van der Waals surface area contributed by atoms with E-state index in [2.05, 4.69) is 22.6 Å². The zero-order valence-corrected chi connectivity index (χ0v) is 9.47. The fourth-order valence-corrected chi connectivity index (χ4v) is 2.48. The maximum atomic E-state index is 9.73. The fraction of sp³-hybridized carbons (Fsp3) is 1.00. The Morgan fingerprint density at radius 2 is 1.64 bits per heavy atom. The van der Waals surface area contributed by atoms with Gasteiger partial charge in [-0.1, -0.05) is 22.6 Å². The molecule has 11 heavy (non-hydrogen) atoms. The van der Waals surface area contributed by atoms with Crippen LogP contribution in [0.5, 0.6) is 0 Å². The van der Waals surface area contributed by atoms with Gasteiger partial charge in [0.15, 0.2) is 0 Å². The van der Waals surface area contributed by atoms with Gasteiger partial charge in [-0.15, -0.1) is 0 Å². The van der Waals surface area contributed by atoms with E-state index in [0.717, 1.165) is 3.92 Å². The van der Waals surface area contributed by atoms with Gasteiger partial charge in [-0.05, 0) is 45.4 Å². The van der Waals surface area contributed by atoms with Gasteiger partial charge in [0.25, 0.3) is 0 Å². The van der Waals surface area contributed by atoms with Crippen molar-refractivity contribution in [2.24, 2.45) is 5.92 Å². The molecule has 1 aliphatic rings. The minimum atomic E-state index is -0.448. The van der Waals surface area contributed by atoms with Crippen molar-refractivity contribution >= 4 is 22.6 Å². The summed E-state index contributed by atoms with van der Waals surface area (Å²) in [6.07, 6.45) is 4.98. The molecule has 1 rings (SSSR count). The Morgan fingerprint density at radius 1 is 1.18 bits per heavy atom. The van der Waals surface area contributed by atoms with E-state index in [1.54, 1.807) is 0 Å². The van der Waals surface area contributed by atoms with Gasteiger partial charge in [0.2, 0.25) is 0 Å². The molecule has 0 bridgehead atoms. The molecule has 1 saturated carbocycles. The van der Waals surface area contributed by atoms with Crippen molar-refractivity contribution in [2.45, 2.75) is 49.1 Å². The lowest BCUT2D eigenvalue weighted by Gasteiger charge is -2.34. The predicted octanol–water partition coefficient (Wildman–Crippen LogP) is 2.75. The topological polar surface area (TPSA) is 20.2 Å². The fourth-order valence-electron chi connectivity index (χ4n) is 1.76. The summed E-state index contributed by atoms with van der Waals surface area (Å²) in [7, 11) is 0. The van der Waals surface area contributed by atoms with Crippen LogP contribution in [-0.4, -0.2) is 14.6 Å². The highest BCUT2D eigenvalue weighted by Gasteiger charge is 2.30. The summed E-state index contributed by atoms with van der Waals surface area (Å²) in [4.78, 5) is 0. The van der Waals surface area contributed by atoms with Crippen LogP contribution >= 0.6 is 22.6 Å². The monoisotopic (exact) mass is 268 g/mol. The van der Waals surface area contributed by atoms with Crippen LogP contribution in [0.15, 0.2) is 0 Å². The van der Waals surface area contributed by atoms with Crippen LogP contribution in [-0.2, 0) is 0 Å². The van der Waals surface area contributed by atoms with Crippen LogP contribution < -0.4 is 0 Å². The molecule has 0 unspecified atom stereocenters. The summed E-state index contributed by atoms with van der Waals surface area (Å²) >= 11 is 2.51. The summed E-state index contributed by atoms with van der Waals surface area (Å²) in [6, 6.07) is 0. The Hall–Kier alpha value is 0.690. The second-order valence-corrected chi connectivity index (χ2v) is 5.86. The molecule has 0 heterocycles. The quantitative estimate of drug-likeness (QED) is 0.572. The Morgan fingerprint density at radius 3 is 2.00 bits per heavy atom. The molecule has 0 aliphatic heterocycles. The highest BCUT2D eigenvalue weighted by atomic mass is 127. The molecule has 0 aromatic rings. The molecule has 0 amide bonds. The third-order valence-electron chi connectivity index (χ3n) is 2.66. The first-order valence-corrected chi connectivity index (χ1v) is 5.61. The molecular weight excluding hydrogens is 251 g/mol. The lowest BCUT2D eigenvalue weighted by molar-refractivity contribution is 0.00203. The van der Waals surface area contributed by atoms with E-state index < -0.39 is 5.60 Å². The number of hydrogen-bond acceptors (Lipinski definition) is 1. The second-order valence-electron chi connectivity index (χ2n) is 4.10. The second kappa shape index (κ2) is 3.60. The Labute approximate surface area is 82.7 Å². The first kappa shape index (κ1) is 9.78. The van der Waals surface area contributed by atoms with E-state index in [4.69, 9.17) is 0 Å². The molecule has 0 saturated heterocycles. The van der Waals surface area contributed by atoms with Crippen LogP contribution in [0, 0.1) is 5.92 Å². The van der Waals surface area contributed by atoms with Gasteiger partial charge < -0.3 is 5.11 Å². The van der Waals surface area contributed by atoms with Gasteiger partial charge in [-0.3, -0.25) is 0 Å².